The van der Waals surface area contributed by atoms with Gasteiger partial charge in [-0.2, -0.15) is 0 Å². The lowest BCUT2D eigenvalue weighted by Gasteiger charge is -2.20. The SMILES string of the molecule is CC(C)(C)CCOC(=O)C(C)(C)N. The molecule has 3 heteroatoms. The zero-order valence-corrected chi connectivity index (χ0v) is 9.31. The van der Waals surface area contributed by atoms with E-state index in [1.54, 1.807) is 13.8 Å². The van der Waals surface area contributed by atoms with Gasteiger partial charge in [0.25, 0.3) is 0 Å². The molecule has 0 bridgehead atoms. The van der Waals surface area contributed by atoms with Crippen LogP contribution in [0, 0.1) is 5.41 Å². The molecule has 0 amide bonds. The fraction of sp³-hybridized carbons (Fsp3) is 0.900. The molecule has 0 heterocycles. The van der Waals surface area contributed by atoms with Crippen LogP contribution >= 0.6 is 0 Å². The third-order valence-electron chi connectivity index (χ3n) is 1.61. The summed E-state index contributed by atoms with van der Waals surface area (Å²) in [5.74, 6) is -0.336. The molecule has 0 aliphatic heterocycles. The lowest BCUT2D eigenvalue weighted by Crippen LogP contribution is -2.43. The van der Waals surface area contributed by atoms with Gasteiger partial charge < -0.3 is 10.5 Å². The minimum Gasteiger partial charge on any atom is -0.464 e. The van der Waals surface area contributed by atoms with Gasteiger partial charge in [0.05, 0.1) is 6.61 Å². The second kappa shape index (κ2) is 4.09. The van der Waals surface area contributed by atoms with Gasteiger partial charge in [0.2, 0.25) is 0 Å². The van der Waals surface area contributed by atoms with Crippen molar-refractivity contribution >= 4 is 5.97 Å². The van der Waals surface area contributed by atoms with Crippen LogP contribution in [0.5, 0.6) is 0 Å². The number of ether oxygens (including phenoxy) is 1. The molecule has 78 valence electrons. The summed E-state index contributed by atoms with van der Waals surface area (Å²) in [6.07, 6.45) is 0.856. The molecule has 0 spiro atoms. The highest BCUT2D eigenvalue weighted by atomic mass is 16.5. The van der Waals surface area contributed by atoms with E-state index in [4.69, 9.17) is 10.5 Å². The molecule has 3 nitrogen and oxygen atoms in total. The normalized spacial score (nSPS) is 12.8. The Morgan fingerprint density at radius 3 is 2.00 bits per heavy atom. The third-order valence-corrected chi connectivity index (χ3v) is 1.61. The van der Waals surface area contributed by atoms with Crippen molar-refractivity contribution in [3.05, 3.63) is 0 Å². The zero-order valence-electron chi connectivity index (χ0n) is 9.31. The van der Waals surface area contributed by atoms with Crippen LogP contribution in [0.15, 0.2) is 0 Å². The average Bonchev–Trinajstić information content (AvgIpc) is 1.82. The van der Waals surface area contributed by atoms with Crippen molar-refractivity contribution in [1.29, 1.82) is 0 Å². The first kappa shape index (κ1) is 12.4. The lowest BCUT2D eigenvalue weighted by atomic mass is 9.93. The van der Waals surface area contributed by atoms with Gasteiger partial charge in [-0.3, -0.25) is 4.79 Å². The Labute approximate surface area is 80.6 Å². The number of carbonyl (C=O) groups is 1. The van der Waals surface area contributed by atoms with Crippen LogP contribution < -0.4 is 5.73 Å². The number of rotatable bonds is 3. The Bertz CT molecular complexity index is 174. The summed E-state index contributed by atoms with van der Waals surface area (Å²) in [5.41, 5.74) is 4.87. The maximum atomic E-state index is 11.2. The third kappa shape index (κ3) is 6.58. The minimum absolute atomic E-state index is 0.193. The molecule has 0 unspecified atom stereocenters. The first-order valence-corrected chi connectivity index (χ1v) is 4.59. The number of nitrogens with two attached hydrogens (primary N) is 1. The fourth-order valence-electron chi connectivity index (χ4n) is 0.636. The summed E-state index contributed by atoms with van der Waals surface area (Å²) in [4.78, 5) is 11.2. The van der Waals surface area contributed by atoms with E-state index in [0.717, 1.165) is 6.42 Å². The number of carbonyl (C=O) groups excluding carboxylic acids is 1. The monoisotopic (exact) mass is 187 g/mol. The average molecular weight is 187 g/mol. The minimum atomic E-state index is -0.877. The van der Waals surface area contributed by atoms with Crippen molar-refractivity contribution in [2.75, 3.05) is 6.61 Å². The molecule has 0 aliphatic carbocycles. The van der Waals surface area contributed by atoms with Crippen LogP contribution in [-0.4, -0.2) is 18.1 Å². The van der Waals surface area contributed by atoms with Gasteiger partial charge in [-0.1, -0.05) is 20.8 Å². The summed E-state index contributed by atoms with van der Waals surface area (Å²) < 4.78 is 5.02. The number of hydrogen-bond acceptors (Lipinski definition) is 3. The summed E-state index contributed by atoms with van der Waals surface area (Å²) in [6.45, 7) is 10.1. The fourth-order valence-corrected chi connectivity index (χ4v) is 0.636. The smallest absolute Gasteiger partial charge is 0.325 e. The second-order valence-electron chi connectivity index (χ2n) is 5.17. The van der Waals surface area contributed by atoms with E-state index in [0.29, 0.717) is 6.61 Å². The Morgan fingerprint density at radius 1 is 1.23 bits per heavy atom. The molecule has 0 saturated heterocycles. The molecule has 0 fully saturated rings. The molecule has 2 N–H and O–H groups in total. The molecule has 0 saturated carbocycles. The summed E-state index contributed by atoms with van der Waals surface area (Å²) in [7, 11) is 0. The molecule has 13 heavy (non-hydrogen) atoms. The quantitative estimate of drug-likeness (QED) is 0.684. The Kier molecular flexibility index (Phi) is 3.91. The highest BCUT2D eigenvalue weighted by Crippen LogP contribution is 2.18. The highest BCUT2D eigenvalue weighted by Gasteiger charge is 2.24. The standard InChI is InChI=1S/C10H21NO2/c1-9(2,3)6-7-13-8(12)10(4,5)11/h6-7,11H2,1-5H3. The van der Waals surface area contributed by atoms with E-state index in [1.165, 1.54) is 0 Å². The van der Waals surface area contributed by atoms with Crippen molar-refractivity contribution in [3.8, 4) is 0 Å². The maximum Gasteiger partial charge on any atom is 0.325 e. The predicted molar refractivity (Wildman–Crippen MR) is 53.3 cm³/mol. The van der Waals surface area contributed by atoms with E-state index in [9.17, 15) is 4.79 Å². The maximum absolute atomic E-state index is 11.2. The Morgan fingerprint density at radius 2 is 1.69 bits per heavy atom. The first-order chi connectivity index (χ1) is 5.63. The van der Waals surface area contributed by atoms with Gasteiger partial charge in [-0.05, 0) is 25.7 Å². The van der Waals surface area contributed by atoms with Crippen molar-refractivity contribution < 1.29 is 9.53 Å². The summed E-state index contributed by atoms with van der Waals surface area (Å²) in [6, 6.07) is 0. The predicted octanol–water partition coefficient (Wildman–Crippen LogP) is 1.70. The van der Waals surface area contributed by atoms with Crippen molar-refractivity contribution in [1.82, 2.24) is 0 Å². The Balaban J connectivity index is 3.74. The lowest BCUT2D eigenvalue weighted by molar-refractivity contribution is -0.149. The van der Waals surface area contributed by atoms with E-state index < -0.39 is 5.54 Å². The molecule has 0 atom stereocenters. The zero-order chi connectivity index (χ0) is 10.7. The van der Waals surface area contributed by atoms with Gasteiger partial charge in [0, 0.05) is 0 Å². The van der Waals surface area contributed by atoms with E-state index in [2.05, 4.69) is 20.8 Å². The summed E-state index contributed by atoms with van der Waals surface area (Å²) in [5, 5.41) is 0. The van der Waals surface area contributed by atoms with Gasteiger partial charge >= 0.3 is 5.97 Å². The highest BCUT2D eigenvalue weighted by molar-refractivity contribution is 5.79. The van der Waals surface area contributed by atoms with E-state index >= 15 is 0 Å². The van der Waals surface area contributed by atoms with E-state index in [1.807, 2.05) is 0 Å². The van der Waals surface area contributed by atoms with Crippen LogP contribution in [0.1, 0.15) is 41.0 Å². The molecule has 0 aromatic rings. The van der Waals surface area contributed by atoms with Crippen LogP contribution in [0.25, 0.3) is 0 Å². The molecule has 0 rings (SSSR count). The largest absolute Gasteiger partial charge is 0.464 e. The van der Waals surface area contributed by atoms with Gasteiger partial charge in [0.1, 0.15) is 5.54 Å². The molecule has 0 aromatic heterocycles. The molecular weight excluding hydrogens is 166 g/mol. The van der Waals surface area contributed by atoms with Crippen molar-refractivity contribution in [3.63, 3.8) is 0 Å². The molecule has 0 aromatic carbocycles. The van der Waals surface area contributed by atoms with Crippen LogP contribution in [0.2, 0.25) is 0 Å². The first-order valence-electron chi connectivity index (χ1n) is 4.59. The van der Waals surface area contributed by atoms with Crippen LogP contribution in [0.4, 0.5) is 0 Å². The number of hydrogen-bond donors (Lipinski definition) is 1. The van der Waals surface area contributed by atoms with Crippen molar-refractivity contribution in [2.45, 2.75) is 46.6 Å². The Hall–Kier alpha value is -0.570. The van der Waals surface area contributed by atoms with Crippen LogP contribution in [0.3, 0.4) is 0 Å². The number of esters is 1. The van der Waals surface area contributed by atoms with Crippen LogP contribution in [-0.2, 0) is 9.53 Å². The van der Waals surface area contributed by atoms with E-state index in [-0.39, 0.29) is 11.4 Å². The molecule has 0 radical (unpaired) electrons. The summed E-state index contributed by atoms with van der Waals surface area (Å²) >= 11 is 0. The molecular formula is C10H21NO2. The second-order valence-corrected chi connectivity index (χ2v) is 5.17. The van der Waals surface area contributed by atoms with Crippen molar-refractivity contribution in [2.24, 2.45) is 11.1 Å². The van der Waals surface area contributed by atoms with Gasteiger partial charge in [0.15, 0.2) is 0 Å². The molecule has 0 aliphatic rings. The van der Waals surface area contributed by atoms with Gasteiger partial charge in [-0.25, -0.2) is 0 Å². The van der Waals surface area contributed by atoms with Gasteiger partial charge in [-0.15, -0.1) is 0 Å². The topological polar surface area (TPSA) is 52.3 Å².